The Hall–Kier alpha value is -1.82. The first-order chi connectivity index (χ1) is 10.1. The number of piperidine rings is 1. The lowest BCUT2D eigenvalue weighted by atomic mass is 10.0. The molecule has 2 N–H and O–H groups in total. The summed E-state index contributed by atoms with van der Waals surface area (Å²) >= 11 is 0. The second-order valence-electron chi connectivity index (χ2n) is 5.38. The largest absolute Gasteiger partial charge is 0.477 e. The SMILES string of the molecule is CCNC(=O)CCN1CCC(n2cccc2C(=O)O)CC1. The number of nitrogens with one attached hydrogen (secondary N) is 1. The molecule has 0 aliphatic carbocycles. The molecule has 0 aromatic carbocycles. The predicted octanol–water partition coefficient (Wildman–Crippen LogP) is 1.35. The summed E-state index contributed by atoms with van der Waals surface area (Å²) in [5.74, 6) is -0.781. The number of likely N-dealkylation sites (tertiary alicyclic amines) is 1. The molecule has 1 amide bonds. The quantitative estimate of drug-likeness (QED) is 0.830. The zero-order valence-corrected chi connectivity index (χ0v) is 12.4. The molecule has 0 unspecified atom stereocenters. The third-order valence-corrected chi connectivity index (χ3v) is 3.98. The van der Waals surface area contributed by atoms with Crippen molar-refractivity contribution in [2.75, 3.05) is 26.2 Å². The van der Waals surface area contributed by atoms with Crippen molar-refractivity contribution in [3.8, 4) is 0 Å². The van der Waals surface area contributed by atoms with Crippen LogP contribution in [0.3, 0.4) is 0 Å². The third kappa shape index (κ3) is 4.07. The van der Waals surface area contributed by atoms with Crippen molar-refractivity contribution in [3.05, 3.63) is 24.0 Å². The summed E-state index contributed by atoms with van der Waals surface area (Å²) in [5, 5.41) is 12.0. The van der Waals surface area contributed by atoms with E-state index in [1.54, 1.807) is 12.1 Å². The highest BCUT2D eigenvalue weighted by molar-refractivity contribution is 5.85. The van der Waals surface area contributed by atoms with Crippen LogP contribution in [0.4, 0.5) is 0 Å². The zero-order chi connectivity index (χ0) is 15.2. The van der Waals surface area contributed by atoms with Crippen molar-refractivity contribution in [1.82, 2.24) is 14.8 Å². The molecule has 6 nitrogen and oxygen atoms in total. The Morgan fingerprint density at radius 3 is 2.71 bits per heavy atom. The number of carbonyl (C=O) groups is 2. The van der Waals surface area contributed by atoms with E-state index in [0.717, 1.165) is 32.5 Å². The zero-order valence-electron chi connectivity index (χ0n) is 12.4. The minimum atomic E-state index is -0.876. The molecule has 2 rings (SSSR count). The van der Waals surface area contributed by atoms with Crippen LogP contribution in [0.1, 0.15) is 42.7 Å². The van der Waals surface area contributed by atoms with Crippen molar-refractivity contribution in [2.45, 2.75) is 32.2 Å². The molecule has 1 saturated heterocycles. The highest BCUT2D eigenvalue weighted by Crippen LogP contribution is 2.24. The molecule has 21 heavy (non-hydrogen) atoms. The molecule has 0 radical (unpaired) electrons. The number of rotatable bonds is 6. The molecule has 1 aromatic heterocycles. The molecular formula is C15H23N3O3. The summed E-state index contributed by atoms with van der Waals surface area (Å²) < 4.78 is 1.86. The van der Waals surface area contributed by atoms with Gasteiger partial charge < -0.3 is 19.9 Å². The van der Waals surface area contributed by atoms with Crippen molar-refractivity contribution < 1.29 is 14.7 Å². The molecule has 116 valence electrons. The van der Waals surface area contributed by atoms with E-state index in [-0.39, 0.29) is 11.9 Å². The van der Waals surface area contributed by atoms with Crippen LogP contribution in [0.15, 0.2) is 18.3 Å². The van der Waals surface area contributed by atoms with Crippen molar-refractivity contribution in [2.24, 2.45) is 0 Å². The molecule has 6 heteroatoms. The Labute approximate surface area is 124 Å². The van der Waals surface area contributed by atoms with E-state index in [2.05, 4.69) is 10.2 Å². The number of nitrogens with zero attached hydrogens (tertiary/aromatic N) is 2. The summed E-state index contributed by atoms with van der Waals surface area (Å²) in [7, 11) is 0. The molecule has 1 fully saturated rings. The Bertz CT molecular complexity index is 490. The average Bonchev–Trinajstić information content (AvgIpc) is 2.95. The Morgan fingerprint density at radius 1 is 1.38 bits per heavy atom. The van der Waals surface area contributed by atoms with Gasteiger partial charge in [-0.2, -0.15) is 0 Å². The maximum absolute atomic E-state index is 11.4. The van der Waals surface area contributed by atoms with Crippen LogP contribution in [-0.4, -0.2) is 52.6 Å². The predicted molar refractivity (Wildman–Crippen MR) is 79.4 cm³/mol. The van der Waals surface area contributed by atoms with E-state index in [4.69, 9.17) is 5.11 Å². The molecule has 0 spiro atoms. The van der Waals surface area contributed by atoms with E-state index in [0.29, 0.717) is 18.7 Å². The summed E-state index contributed by atoms with van der Waals surface area (Å²) in [6.45, 7) is 5.17. The van der Waals surface area contributed by atoms with Gasteiger partial charge in [-0.25, -0.2) is 4.79 Å². The lowest BCUT2D eigenvalue weighted by molar-refractivity contribution is -0.121. The lowest BCUT2D eigenvalue weighted by Gasteiger charge is -2.33. The minimum absolute atomic E-state index is 0.0956. The van der Waals surface area contributed by atoms with E-state index in [1.807, 2.05) is 17.7 Å². The van der Waals surface area contributed by atoms with Crippen LogP contribution in [0.25, 0.3) is 0 Å². The molecule has 0 atom stereocenters. The van der Waals surface area contributed by atoms with Gasteiger partial charge in [0.15, 0.2) is 0 Å². The van der Waals surface area contributed by atoms with Crippen LogP contribution in [-0.2, 0) is 4.79 Å². The summed E-state index contributed by atoms with van der Waals surface area (Å²) in [6.07, 6.45) is 4.22. The Kier molecular flexibility index (Phi) is 5.38. The number of aromatic nitrogens is 1. The average molecular weight is 293 g/mol. The van der Waals surface area contributed by atoms with Gasteiger partial charge in [0.1, 0.15) is 5.69 Å². The standard InChI is InChI=1S/C15H23N3O3/c1-2-16-14(19)7-11-17-9-5-12(6-10-17)18-8-3-4-13(18)15(20)21/h3-4,8,12H,2,5-7,9-11H2,1H3,(H,16,19)(H,20,21). The number of aromatic carboxylic acids is 1. The summed E-state index contributed by atoms with van der Waals surface area (Å²) in [5.41, 5.74) is 0.357. The van der Waals surface area contributed by atoms with Crippen molar-refractivity contribution >= 4 is 11.9 Å². The van der Waals surface area contributed by atoms with E-state index in [9.17, 15) is 9.59 Å². The number of amides is 1. The first-order valence-electron chi connectivity index (χ1n) is 7.51. The normalized spacial score (nSPS) is 16.8. The van der Waals surface area contributed by atoms with E-state index >= 15 is 0 Å². The molecular weight excluding hydrogens is 270 g/mol. The molecule has 2 heterocycles. The topological polar surface area (TPSA) is 74.6 Å². The number of carbonyl (C=O) groups excluding carboxylic acids is 1. The van der Waals surface area contributed by atoms with Crippen LogP contribution in [0.2, 0.25) is 0 Å². The van der Waals surface area contributed by atoms with Gasteiger partial charge in [-0.05, 0) is 31.9 Å². The maximum atomic E-state index is 11.4. The van der Waals surface area contributed by atoms with Crippen LogP contribution >= 0.6 is 0 Å². The minimum Gasteiger partial charge on any atom is -0.477 e. The Balaban J connectivity index is 1.82. The van der Waals surface area contributed by atoms with Crippen molar-refractivity contribution in [3.63, 3.8) is 0 Å². The number of hydrogen-bond acceptors (Lipinski definition) is 3. The first-order valence-corrected chi connectivity index (χ1v) is 7.51. The molecule has 1 aliphatic heterocycles. The first kappa shape index (κ1) is 15.6. The second-order valence-corrected chi connectivity index (χ2v) is 5.38. The molecule has 1 aromatic rings. The van der Waals surface area contributed by atoms with E-state index < -0.39 is 5.97 Å². The van der Waals surface area contributed by atoms with Gasteiger partial charge in [0, 0.05) is 44.8 Å². The van der Waals surface area contributed by atoms with Gasteiger partial charge in [0.25, 0.3) is 0 Å². The van der Waals surface area contributed by atoms with Gasteiger partial charge in [-0.3, -0.25) is 4.79 Å². The van der Waals surface area contributed by atoms with Crippen molar-refractivity contribution in [1.29, 1.82) is 0 Å². The highest BCUT2D eigenvalue weighted by atomic mass is 16.4. The smallest absolute Gasteiger partial charge is 0.352 e. The van der Waals surface area contributed by atoms with Crippen LogP contribution in [0.5, 0.6) is 0 Å². The summed E-state index contributed by atoms with van der Waals surface area (Å²) in [4.78, 5) is 24.9. The number of carboxylic acids is 1. The monoisotopic (exact) mass is 293 g/mol. The highest BCUT2D eigenvalue weighted by Gasteiger charge is 2.23. The van der Waals surface area contributed by atoms with Gasteiger partial charge in [-0.15, -0.1) is 0 Å². The van der Waals surface area contributed by atoms with Crippen LogP contribution in [0, 0.1) is 0 Å². The van der Waals surface area contributed by atoms with Crippen LogP contribution < -0.4 is 5.32 Å². The fourth-order valence-electron chi connectivity index (χ4n) is 2.86. The molecule has 0 bridgehead atoms. The fourth-order valence-corrected chi connectivity index (χ4v) is 2.86. The van der Waals surface area contributed by atoms with Gasteiger partial charge in [0.2, 0.25) is 5.91 Å². The fraction of sp³-hybridized carbons (Fsp3) is 0.600. The van der Waals surface area contributed by atoms with Gasteiger partial charge in [-0.1, -0.05) is 0 Å². The molecule has 0 saturated carbocycles. The maximum Gasteiger partial charge on any atom is 0.352 e. The third-order valence-electron chi connectivity index (χ3n) is 3.98. The Morgan fingerprint density at radius 2 is 2.10 bits per heavy atom. The van der Waals surface area contributed by atoms with Gasteiger partial charge in [0.05, 0.1) is 0 Å². The number of carboxylic acid groups (broad SMARTS) is 1. The van der Waals surface area contributed by atoms with Gasteiger partial charge >= 0.3 is 5.97 Å². The summed E-state index contributed by atoms with van der Waals surface area (Å²) in [6, 6.07) is 3.67. The second kappa shape index (κ2) is 7.26. The van der Waals surface area contributed by atoms with E-state index in [1.165, 1.54) is 0 Å². The lowest BCUT2D eigenvalue weighted by Crippen LogP contribution is -2.37. The molecule has 1 aliphatic rings. The number of hydrogen-bond donors (Lipinski definition) is 2.